The normalized spacial score (nSPS) is 11.1. The first-order chi connectivity index (χ1) is 13.2. The summed E-state index contributed by atoms with van der Waals surface area (Å²) in [6.07, 6.45) is 4.99. The monoisotopic (exact) mass is 364 g/mol. The summed E-state index contributed by atoms with van der Waals surface area (Å²) in [6.45, 7) is 0. The van der Waals surface area contributed by atoms with Gasteiger partial charge in [-0.3, -0.25) is 0 Å². The molecule has 4 rings (SSSR count). The SMILES string of the molecule is COc1cnc(OC)n2nc(CCc3nc(-c4ccccc4)cn3C)nc12. The number of ether oxygens (including phenoxy) is 2. The summed E-state index contributed by atoms with van der Waals surface area (Å²) in [4.78, 5) is 13.5. The predicted molar refractivity (Wildman–Crippen MR) is 99.9 cm³/mol. The number of hydrogen-bond acceptors (Lipinski definition) is 6. The van der Waals surface area contributed by atoms with Crippen molar-refractivity contribution in [1.82, 2.24) is 29.1 Å². The number of aryl methyl sites for hydroxylation is 3. The molecule has 3 heterocycles. The van der Waals surface area contributed by atoms with Crippen molar-refractivity contribution in [3.8, 4) is 23.0 Å². The zero-order valence-electron chi connectivity index (χ0n) is 15.5. The lowest BCUT2D eigenvalue weighted by Crippen LogP contribution is -2.02. The van der Waals surface area contributed by atoms with E-state index in [1.807, 2.05) is 36.0 Å². The van der Waals surface area contributed by atoms with E-state index < -0.39 is 0 Å². The Labute approximate surface area is 156 Å². The Morgan fingerprint density at radius 2 is 1.81 bits per heavy atom. The van der Waals surface area contributed by atoms with Gasteiger partial charge in [0.1, 0.15) is 5.82 Å². The third-order valence-electron chi connectivity index (χ3n) is 4.36. The minimum absolute atomic E-state index is 0.368. The summed E-state index contributed by atoms with van der Waals surface area (Å²) < 4.78 is 14.2. The molecule has 27 heavy (non-hydrogen) atoms. The Hall–Kier alpha value is -3.42. The van der Waals surface area contributed by atoms with Gasteiger partial charge >= 0.3 is 6.01 Å². The van der Waals surface area contributed by atoms with Crippen LogP contribution in [-0.2, 0) is 19.9 Å². The summed E-state index contributed by atoms with van der Waals surface area (Å²) >= 11 is 0. The van der Waals surface area contributed by atoms with Crippen molar-refractivity contribution < 1.29 is 9.47 Å². The molecular weight excluding hydrogens is 344 g/mol. The summed E-state index contributed by atoms with van der Waals surface area (Å²) in [6, 6.07) is 10.5. The average molecular weight is 364 g/mol. The highest BCUT2D eigenvalue weighted by atomic mass is 16.5. The van der Waals surface area contributed by atoms with Crippen LogP contribution in [0.25, 0.3) is 16.9 Å². The molecule has 0 aliphatic rings. The first-order valence-electron chi connectivity index (χ1n) is 8.60. The Balaban J connectivity index is 1.58. The lowest BCUT2D eigenvalue weighted by molar-refractivity contribution is 0.359. The Morgan fingerprint density at radius 3 is 2.56 bits per heavy atom. The minimum Gasteiger partial charge on any atom is -0.491 e. The fourth-order valence-electron chi connectivity index (χ4n) is 2.97. The lowest BCUT2D eigenvalue weighted by Gasteiger charge is -2.03. The molecule has 0 unspecified atom stereocenters. The molecule has 8 heteroatoms. The van der Waals surface area contributed by atoms with E-state index in [0.29, 0.717) is 29.7 Å². The van der Waals surface area contributed by atoms with Crippen LogP contribution in [0.15, 0.2) is 42.7 Å². The number of imidazole rings is 1. The van der Waals surface area contributed by atoms with E-state index in [-0.39, 0.29) is 0 Å². The lowest BCUT2D eigenvalue weighted by atomic mass is 10.2. The number of benzene rings is 1. The van der Waals surface area contributed by atoms with Crippen molar-refractivity contribution >= 4 is 5.65 Å². The summed E-state index contributed by atoms with van der Waals surface area (Å²) in [5.74, 6) is 2.21. The van der Waals surface area contributed by atoms with E-state index in [0.717, 1.165) is 23.5 Å². The van der Waals surface area contributed by atoms with Crippen molar-refractivity contribution in [3.63, 3.8) is 0 Å². The maximum Gasteiger partial charge on any atom is 0.319 e. The fraction of sp³-hybridized carbons (Fsp3) is 0.263. The van der Waals surface area contributed by atoms with Crippen molar-refractivity contribution in [2.45, 2.75) is 12.8 Å². The van der Waals surface area contributed by atoms with Crippen LogP contribution in [0.5, 0.6) is 11.8 Å². The van der Waals surface area contributed by atoms with Gasteiger partial charge in [-0.2, -0.15) is 9.50 Å². The summed E-state index contributed by atoms with van der Waals surface area (Å²) in [7, 11) is 5.13. The number of methoxy groups -OCH3 is 2. The van der Waals surface area contributed by atoms with Gasteiger partial charge in [-0.1, -0.05) is 30.3 Å². The van der Waals surface area contributed by atoms with E-state index >= 15 is 0 Å². The van der Waals surface area contributed by atoms with Gasteiger partial charge in [-0.25, -0.2) is 9.97 Å². The molecule has 8 nitrogen and oxygen atoms in total. The number of hydrogen-bond donors (Lipinski definition) is 0. The molecule has 0 aliphatic heterocycles. The Morgan fingerprint density at radius 1 is 1.00 bits per heavy atom. The molecule has 0 radical (unpaired) electrons. The molecule has 0 aliphatic carbocycles. The molecule has 0 bridgehead atoms. The Bertz CT molecular complexity index is 1030. The van der Waals surface area contributed by atoms with Crippen LogP contribution in [0, 0.1) is 0 Å². The van der Waals surface area contributed by atoms with Gasteiger partial charge in [0.15, 0.2) is 11.6 Å². The largest absolute Gasteiger partial charge is 0.491 e. The second-order valence-electron chi connectivity index (χ2n) is 6.10. The van der Waals surface area contributed by atoms with Gasteiger partial charge in [0, 0.05) is 31.6 Å². The average Bonchev–Trinajstić information content (AvgIpc) is 3.30. The third kappa shape index (κ3) is 3.21. The first kappa shape index (κ1) is 17.0. The molecule has 0 amide bonds. The number of aromatic nitrogens is 6. The molecule has 1 aromatic carbocycles. The highest BCUT2D eigenvalue weighted by Gasteiger charge is 2.15. The van der Waals surface area contributed by atoms with E-state index in [9.17, 15) is 0 Å². The standard InChI is InChI=1S/C19H20N6O2/c1-24-12-14(13-7-5-4-6-8-13)21-17(24)10-9-16-22-18-15(26-2)11-20-19(27-3)25(18)23-16/h4-8,11-12H,9-10H2,1-3H3. The molecule has 4 aromatic rings. The highest BCUT2D eigenvalue weighted by Crippen LogP contribution is 2.22. The van der Waals surface area contributed by atoms with E-state index in [4.69, 9.17) is 14.5 Å². The zero-order valence-corrected chi connectivity index (χ0v) is 15.5. The van der Waals surface area contributed by atoms with Crippen LogP contribution in [0.4, 0.5) is 0 Å². The molecule has 0 spiro atoms. The molecule has 0 atom stereocenters. The van der Waals surface area contributed by atoms with Crippen molar-refractivity contribution in [1.29, 1.82) is 0 Å². The molecule has 3 aromatic heterocycles. The van der Waals surface area contributed by atoms with Crippen molar-refractivity contribution in [2.75, 3.05) is 14.2 Å². The summed E-state index contributed by atoms with van der Waals surface area (Å²) in [5.41, 5.74) is 2.65. The second-order valence-corrected chi connectivity index (χ2v) is 6.10. The van der Waals surface area contributed by atoms with Crippen LogP contribution in [-0.4, -0.2) is 43.4 Å². The van der Waals surface area contributed by atoms with Gasteiger partial charge in [0.05, 0.1) is 26.1 Å². The Kier molecular flexibility index (Phi) is 4.45. The topological polar surface area (TPSA) is 79.4 Å². The van der Waals surface area contributed by atoms with Crippen LogP contribution in [0.2, 0.25) is 0 Å². The molecule has 0 saturated carbocycles. The number of nitrogens with zero attached hydrogens (tertiary/aromatic N) is 6. The van der Waals surface area contributed by atoms with Crippen molar-refractivity contribution in [2.24, 2.45) is 7.05 Å². The van der Waals surface area contributed by atoms with Gasteiger partial charge in [0.2, 0.25) is 5.65 Å². The van der Waals surface area contributed by atoms with E-state index in [2.05, 4.69) is 27.2 Å². The van der Waals surface area contributed by atoms with Gasteiger partial charge < -0.3 is 14.0 Å². The summed E-state index contributed by atoms with van der Waals surface area (Å²) in [5, 5.41) is 4.50. The molecule has 0 N–H and O–H groups in total. The van der Waals surface area contributed by atoms with Crippen LogP contribution in [0.3, 0.4) is 0 Å². The molecule has 138 valence electrons. The number of fused-ring (bicyclic) bond motifs is 1. The maximum absolute atomic E-state index is 5.32. The van der Waals surface area contributed by atoms with E-state index in [1.165, 1.54) is 0 Å². The smallest absolute Gasteiger partial charge is 0.319 e. The zero-order chi connectivity index (χ0) is 18.8. The van der Waals surface area contributed by atoms with E-state index in [1.54, 1.807) is 24.9 Å². The molecule has 0 fully saturated rings. The molecular formula is C19H20N6O2. The van der Waals surface area contributed by atoms with Crippen LogP contribution < -0.4 is 9.47 Å². The van der Waals surface area contributed by atoms with Gasteiger partial charge in [0.25, 0.3) is 0 Å². The molecule has 0 saturated heterocycles. The predicted octanol–water partition coefficient (Wildman–Crippen LogP) is 2.33. The van der Waals surface area contributed by atoms with Crippen LogP contribution >= 0.6 is 0 Å². The first-order valence-corrected chi connectivity index (χ1v) is 8.60. The van der Waals surface area contributed by atoms with Gasteiger partial charge in [-0.15, -0.1) is 5.10 Å². The quantitative estimate of drug-likeness (QED) is 0.522. The maximum atomic E-state index is 5.32. The van der Waals surface area contributed by atoms with Crippen molar-refractivity contribution in [3.05, 3.63) is 54.4 Å². The number of rotatable bonds is 6. The van der Waals surface area contributed by atoms with Crippen LogP contribution in [0.1, 0.15) is 11.6 Å². The fourth-order valence-corrected chi connectivity index (χ4v) is 2.97. The minimum atomic E-state index is 0.368. The highest BCUT2D eigenvalue weighted by molar-refractivity contribution is 5.58. The second kappa shape index (κ2) is 7.06. The third-order valence-corrected chi connectivity index (χ3v) is 4.36. The van der Waals surface area contributed by atoms with Gasteiger partial charge in [-0.05, 0) is 0 Å².